The van der Waals surface area contributed by atoms with Gasteiger partial charge in [0, 0.05) is 18.8 Å². The van der Waals surface area contributed by atoms with E-state index in [2.05, 4.69) is 29.2 Å². The van der Waals surface area contributed by atoms with Crippen LogP contribution in [0.15, 0.2) is 35.1 Å². The van der Waals surface area contributed by atoms with Crippen LogP contribution in [-0.4, -0.2) is 32.7 Å². The molecule has 0 saturated carbocycles. The topological polar surface area (TPSA) is 106 Å². The van der Waals surface area contributed by atoms with Gasteiger partial charge < -0.3 is 15.0 Å². The van der Waals surface area contributed by atoms with Crippen molar-refractivity contribution in [1.29, 1.82) is 0 Å². The summed E-state index contributed by atoms with van der Waals surface area (Å²) in [4.78, 5) is 40.4. The predicted molar refractivity (Wildman–Crippen MR) is 115 cm³/mol. The number of nitrogens with zero attached hydrogens (tertiary/aromatic N) is 2. The third kappa shape index (κ3) is 4.12. The Kier molecular flexibility index (Phi) is 6.05. The summed E-state index contributed by atoms with van der Waals surface area (Å²) in [6, 6.07) is 8.73. The van der Waals surface area contributed by atoms with Gasteiger partial charge >= 0.3 is 5.97 Å². The first-order chi connectivity index (χ1) is 14.2. The number of carbonyl (C=O) groups excluding carboxylic acids is 2. The summed E-state index contributed by atoms with van der Waals surface area (Å²) in [5.74, 6) is -0.955. The Morgan fingerprint density at radius 1 is 1.27 bits per heavy atom. The van der Waals surface area contributed by atoms with E-state index in [1.165, 1.54) is 17.7 Å². The van der Waals surface area contributed by atoms with Crippen LogP contribution in [0.2, 0.25) is 0 Å². The second-order valence-electron chi connectivity index (χ2n) is 7.41. The standard InChI is InChI=1S/C22H26N4O4/c1-6-12(2)15-9-7-8-10-16(15)24-21(28)14(4)30-22(29)17-11-18(27)19-13(3)25-26(5)20(19)23-17/h7-12,14H,6H2,1-5H3,(H,23,27)(H,24,28)/t12-,14+/m1/s1. The Bertz CT molecular complexity index is 1160. The van der Waals surface area contributed by atoms with Gasteiger partial charge in [-0.25, -0.2) is 4.79 Å². The summed E-state index contributed by atoms with van der Waals surface area (Å²) in [7, 11) is 1.67. The molecule has 0 aliphatic carbocycles. The number of aromatic nitrogens is 3. The normalized spacial score (nSPS) is 13.1. The van der Waals surface area contributed by atoms with Gasteiger partial charge in [-0.05, 0) is 37.8 Å². The van der Waals surface area contributed by atoms with Gasteiger partial charge in [-0.3, -0.25) is 14.3 Å². The van der Waals surface area contributed by atoms with Gasteiger partial charge in [0.2, 0.25) is 0 Å². The van der Waals surface area contributed by atoms with Crippen molar-refractivity contribution in [3.8, 4) is 0 Å². The zero-order valence-corrected chi connectivity index (χ0v) is 17.8. The van der Waals surface area contributed by atoms with Gasteiger partial charge in [-0.2, -0.15) is 5.10 Å². The maximum atomic E-state index is 12.6. The monoisotopic (exact) mass is 410 g/mol. The number of benzene rings is 1. The fourth-order valence-corrected chi connectivity index (χ4v) is 3.35. The van der Waals surface area contributed by atoms with Crippen molar-refractivity contribution in [2.24, 2.45) is 7.05 Å². The van der Waals surface area contributed by atoms with E-state index in [0.29, 0.717) is 22.4 Å². The van der Waals surface area contributed by atoms with E-state index in [1.807, 2.05) is 24.3 Å². The Morgan fingerprint density at radius 2 is 1.97 bits per heavy atom. The van der Waals surface area contributed by atoms with Crippen molar-refractivity contribution in [3.05, 3.63) is 57.5 Å². The van der Waals surface area contributed by atoms with Crippen molar-refractivity contribution in [3.63, 3.8) is 0 Å². The van der Waals surface area contributed by atoms with Gasteiger partial charge in [-0.15, -0.1) is 0 Å². The molecule has 1 amide bonds. The van der Waals surface area contributed by atoms with Gasteiger partial charge in [-0.1, -0.05) is 32.0 Å². The second-order valence-corrected chi connectivity index (χ2v) is 7.41. The molecule has 0 radical (unpaired) electrons. The number of hydrogen-bond donors (Lipinski definition) is 2. The highest BCUT2D eigenvalue weighted by Gasteiger charge is 2.22. The van der Waals surface area contributed by atoms with Crippen LogP contribution in [0.1, 0.15) is 54.9 Å². The molecule has 0 bridgehead atoms. The van der Waals surface area contributed by atoms with Crippen LogP contribution in [0.3, 0.4) is 0 Å². The van der Waals surface area contributed by atoms with E-state index < -0.39 is 18.0 Å². The van der Waals surface area contributed by atoms with Crippen LogP contribution in [0, 0.1) is 6.92 Å². The minimum atomic E-state index is -1.05. The Balaban J connectivity index is 1.76. The number of carbonyl (C=O) groups is 2. The van der Waals surface area contributed by atoms with Gasteiger partial charge in [0.05, 0.1) is 11.1 Å². The minimum absolute atomic E-state index is 0.0323. The average molecular weight is 410 g/mol. The van der Waals surface area contributed by atoms with Crippen LogP contribution in [0.25, 0.3) is 11.0 Å². The molecule has 3 aromatic rings. The largest absolute Gasteiger partial charge is 0.448 e. The van der Waals surface area contributed by atoms with Crippen molar-refractivity contribution >= 4 is 28.6 Å². The lowest BCUT2D eigenvalue weighted by atomic mass is 9.97. The highest BCUT2D eigenvalue weighted by atomic mass is 16.5. The van der Waals surface area contributed by atoms with Crippen molar-refractivity contribution in [2.75, 3.05) is 5.32 Å². The number of ether oxygens (including phenoxy) is 1. The maximum Gasteiger partial charge on any atom is 0.355 e. The van der Waals surface area contributed by atoms with Crippen LogP contribution >= 0.6 is 0 Å². The third-order valence-electron chi connectivity index (χ3n) is 5.23. The fraction of sp³-hybridized carbons (Fsp3) is 0.364. The summed E-state index contributed by atoms with van der Waals surface area (Å²) < 4.78 is 6.79. The number of aromatic amines is 1. The summed E-state index contributed by atoms with van der Waals surface area (Å²) in [6.07, 6.45) is -0.115. The van der Waals surface area contributed by atoms with Crippen LogP contribution in [-0.2, 0) is 16.6 Å². The fourth-order valence-electron chi connectivity index (χ4n) is 3.35. The van der Waals surface area contributed by atoms with Crippen molar-refractivity contribution in [1.82, 2.24) is 14.8 Å². The minimum Gasteiger partial charge on any atom is -0.448 e. The summed E-state index contributed by atoms with van der Waals surface area (Å²) in [6.45, 7) is 7.37. The molecule has 8 heteroatoms. The molecule has 2 atom stereocenters. The molecule has 2 N–H and O–H groups in total. The number of H-pyrrole nitrogens is 1. The summed E-state index contributed by atoms with van der Waals surface area (Å²) in [5.41, 5.74) is 2.34. The number of amides is 1. The number of anilines is 1. The van der Waals surface area contributed by atoms with E-state index in [-0.39, 0.29) is 17.0 Å². The lowest BCUT2D eigenvalue weighted by molar-refractivity contribution is -0.123. The molecule has 0 saturated heterocycles. The smallest absolute Gasteiger partial charge is 0.355 e. The van der Waals surface area contributed by atoms with Crippen molar-refractivity contribution < 1.29 is 14.3 Å². The van der Waals surface area contributed by atoms with Crippen LogP contribution in [0.5, 0.6) is 0 Å². The quantitative estimate of drug-likeness (QED) is 0.607. The molecule has 2 aromatic heterocycles. The molecule has 30 heavy (non-hydrogen) atoms. The molecule has 8 nitrogen and oxygen atoms in total. The molecule has 0 fully saturated rings. The number of nitrogens with one attached hydrogen (secondary N) is 2. The number of esters is 1. The number of rotatable bonds is 6. The lowest BCUT2D eigenvalue weighted by Crippen LogP contribution is -2.31. The summed E-state index contributed by atoms with van der Waals surface area (Å²) in [5, 5.41) is 7.44. The predicted octanol–water partition coefficient (Wildman–Crippen LogP) is 3.27. The van der Waals surface area contributed by atoms with Gasteiger partial charge in [0.15, 0.2) is 11.5 Å². The second kappa shape index (κ2) is 8.52. The molecule has 2 heterocycles. The maximum absolute atomic E-state index is 12.6. The molecule has 3 rings (SSSR count). The molecule has 0 spiro atoms. The number of para-hydroxylation sites is 1. The van der Waals surface area contributed by atoms with Crippen molar-refractivity contribution in [2.45, 2.75) is 46.1 Å². The zero-order valence-electron chi connectivity index (χ0n) is 17.8. The lowest BCUT2D eigenvalue weighted by Gasteiger charge is -2.18. The molecular weight excluding hydrogens is 384 g/mol. The highest BCUT2D eigenvalue weighted by Crippen LogP contribution is 2.26. The molecule has 1 aromatic carbocycles. The first kappa shape index (κ1) is 21.3. The number of hydrogen-bond acceptors (Lipinski definition) is 5. The summed E-state index contributed by atoms with van der Waals surface area (Å²) >= 11 is 0. The Morgan fingerprint density at radius 3 is 2.67 bits per heavy atom. The third-order valence-corrected chi connectivity index (χ3v) is 5.23. The van der Waals surface area contributed by atoms with E-state index in [4.69, 9.17) is 4.74 Å². The molecular formula is C22H26N4O4. The SMILES string of the molecule is CC[C@@H](C)c1ccccc1NC(=O)[C@H](C)OC(=O)c1cc(=O)c2c(C)nn(C)c2[nH]1. The zero-order chi connectivity index (χ0) is 22.0. The molecule has 0 aliphatic rings. The molecule has 0 aliphatic heterocycles. The van der Waals surface area contributed by atoms with E-state index in [0.717, 1.165) is 12.0 Å². The number of aryl methyl sites for hydroxylation is 2. The first-order valence-corrected chi connectivity index (χ1v) is 9.90. The Hall–Kier alpha value is -3.42. The highest BCUT2D eigenvalue weighted by molar-refractivity contribution is 5.98. The van der Waals surface area contributed by atoms with Crippen LogP contribution in [0.4, 0.5) is 5.69 Å². The first-order valence-electron chi connectivity index (χ1n) is 9.90. The van der Waals surface area contributed by atoms with E-state index in [1.54, 1.807) is 14.0 Å². The number of fused-ring (bicyclic) bond motifs is 1. The molecule has 158 valence electrons. The number of pyridine rings is 1. The van der Waals surface area contributed by atoms with E-state index in [9.17, 15) is 14.4 Å². The van der Waals surface area contributed by atoms with E-state index >= 15 is 0 Å². The average Bonchev–Trinajstić information content (AvgIpc) is 3.01. The molecule has 0 unspecified atom stereocenters. The van der Waals surface area contributed by atoms with Gasteiger partial charge in [0.25, 0.3) is 5.91 Å². The Labute approximate surface area is 174 Å². The van der Waals surface area contributed by atoms with Crippen LogP contribution < -0.4 is 10.7 Å². The van der Waals surface area contributed by atoms with Gasteiger partial charge in [0.1, 0.15) is 11.3 Å².